The van der Waals surface area contributed by atoms with Crippen molar-refractivity contribution in [2.24, 2.45) is 5.92 Å². The Morgan fingerprint density at radius 2 is 2.29 bits per heavy atom. The highest BCUT2D eigenvalue weighted by Gasteiger charge is 2.26. The number of hydrogen-bond donors (Lipinski definition) is 2. The number of benzene rings is 1. The number of ether oxygens (including phenoxy) is 2. The maximum Gasteiger partial charge on any atom is 0.251 e. The number of carbonyl (C=O) groups excluding carboxylic acids is 1. The first-order valence-electron chi connectivity index (χ1n) is 7.57. The molecular weight excluding hydrogens is 268 g/mol. The van der Waals surface area contributed by atoms with Gasteiger partial charge in [0.05, 0.1) is 18.4 Å². The van der Waals surface area contributed by atoms with Gasteiger partial charge in [0, 0.05) is 24.6 Å². The van der Waals surface area contributed by atoms with Crippen molar-refractivity contribution in [1.82, 2.24) is 5.32 Å². The molecule has 1 fully saturated rings. The zero-order valence-electron chi connectivity index (χ0n) is 12.7. The molecule has 116 valence electrons. The van der Waals surface area contributed by atoms with Crippen LogP contribution in [0.15, 0.2) is 18.2 Å². The van der Waals surface area contributed by atoms with Crippen LogP contribution in [0.5, 0.6) is 5.75 Å². The van der Waals surface area contributed by atoms with Gasteiger partial charge in [0.1, 0.15) is 5.75 Å². The van der Waals surface area contributed by atoms with Crippen molar-refractivity contribution in [3.8, 4) is 5.75 Å². The first-order chi connectivity index (χ1) is 10.2. The van der Waals surface area contributed by atoms with Gasteiger partial charge < -0.3 is 20.5 Å². The van der Waals surface area contributed by atoms with Crippen LogP contribution in [0.25, 0.3) is 0 Å². The summed E-state index contributed by atoms with van der Waals surface area (Å²) in [6, 6.07) is 5.13. The Hall–Kier alpha value is -1.75. The zero-order chi connectivity index (χ0) is 15.2. The molecule has 2 atom stereocenters. The molecule has 1 aromatic rings. The van der Waals surface area contributed by atoms with Crippen LogP contribution >= 0.6 is 0 Å². The van der Waals surface area contributed by atoms with Crippen LogP contribution in [-0.2, 0) is 4.74 Å². The average Bonchev–Trinajstić information content (AvgIpc) is 2.94. The molecule has 0 bridgehead atoms. The number of nitrogen functional groups attached to an aromatic ring is 1. The molecule has 1 aliphatic rings. The van der Waals surface area contributed by atoms with Crippen molar-refractivity contribution < 1.29 is 14.3 Å². The third-order valence-corrected chi connectivity index (χ3v) is 3.85. The van der Waals surface area contributed by atoms with E-state index in [0.717, 1.165) is 19.4 Å². The lowest BCUT2D eigenvalue weighted by Gasteiger charge is -2.17. The van der Waals surface area contributed by atoms with E-state index in [9.17, 15) is 4.79 Å². The fourth-order valence-electron chi connectivity index (χ4n) is 2.68. The number of rotatable bonds is 6. The van der Waals surface area contributed by atoms with Crippen LogP contribution in [0, 0.1) is 5.92 Å². The Bertz CT molecular complexity index is 490. The number of nitrogens with one attached hydrogen (secondary N) is 1. The molecule has 0 aliphatic carbocycles. The van der Waals surface area contributed by atoms with E-state index in [1.807, 2.05) is 6.92 Å². The lowest BCUT2D eigenvalue weighted by atomic mass is 9.99. The first kappa shape index (κ1) is 15.6. The van der Waals surface area contributed by atoms with Gasteiger partial charge in [-0.1, -0.05) is 6.92 Å². The Labute approximate surface area is 125 Å². The SMILES string of the molecule is CCOc1ccc(C(=O)NCC2CCOC2CC)cc1N. The molecule has 2 rings (SSSR count). The number of amides is 1. The second-order valence-electron chi connectivity index (χ2n) is 5.26. The lowest BCUT2D eigenvalue weighted by molar-refractivity contribution is 0.0827. The summed E-state index contributed by atoms with van der Waals surface area (Å²) in [4.78, 5) is 12.2. The minimum atomic E-state index is -0.105. The van der Waals surface area contributed by atoms with Gasteiger partial charge in [-0.25, -0.2) is 0 Å². The van der Waals surface area contributed by atoms with Crippen LogP contribution in [0.3, 0.4) is 0 Å². The molecule has 5 heteroatoms. The molecular formula is C16H24N2O3. The maximum absolute atomic E-state index is 12.2. The normalized spacial score (nSPS) is 21.2. The molecule has 0 spiro atoms. The molecule has 21 heavy (non-hydrogen) atoms. The summed E-state index contributed by atoms with van der Waals surface area (Å²) in [6.45, 7) is 5.99. The summed E-state index contributed by atoms with van der Waals surface area (Å²) in [6.07, 6.45) is 2.25. The first-order valence-corrected chi connectivity index (χ1v) is 7.57. The quantitative estimate of drug-likeness (QED) is 0.788. The third-order valence-electron chi connectivity index (χ3n) is 3.85. The van der Waals surface area contributed by atoms with Gasteiger partial charge in [0.2, 0.25) is 0 Å². The number of nitrogens with two attached hydrogens (primary N) is 1. The molecule has 0 radical (unpaired) electrons. The maximum atomic E-state index is 12.2. The fourth-order valence-corrected chi connectivity index (χ4v) is 2.68. The van der Waals surface area contributed by atoms with Gasteiger partial charge in [0.15, 0.2) is 0 Å². The van der Waals surface area contributed by atoms with E-state index in [2.05, 4.69) is 12.2 Å². The van der Waals surface area contributed by atoms with E-state index in [1.165, 1.54) is 0 Å². The van der Waals surface area contributed by atoms with Crippen molar-refractivity contribution in [3.63, 3.8) is 0 Å². The highest BCUT2D eigenvalue weighted by Crippen LogP contribution is 2.24. The highest BCUT2D eigenvalue weighted by atomic mass is 16.5. The number of carbonyl (C=O) groups is 1. The second-order valence-corrected chi connectivity index (χ2v) is 5.26. The Kier molecular flexibility index (Phi) is 5.44. The van der Waals surface area contributed by atoms with Crippen LogP contribution in [0.1, 0.15) is 37.0 Å². The lowest BCUT2D eigenvalue weighted by Crippen LogP contribution is -2.32. The molecule has 5 nitrogen and oxygen atoms in total. The summed E-state index contributed by atoms with van der Waals surface area (Å²) in [5.74, 6) is 0.912. The minimum absolute atomic E-state index is 0.105. The Balaban J connectivity index is 1.92. The molecule has 0 aromatic heterocycles. The topological polar surface area (TPSA) is 73.6 Å². The van der Waals surface area contributed by atoms with Crippen LogP contribution in [0.4, 0.5) is 5.69 Å². The van der Waals surface area contributed by atoms with E-state index >= 15 is 0 Å². The monoisotopic (exact) mass is 292 g/mol. The summed E-state index contributed by atoms with van der Waals surface area (Å²) >= 11 is 0. The van der Waals surface area contributed by atoms with Crippen molar-refractivity contribution >= 4 is 11.6 Å². The van der Waals surface area contributed by atoms with E-state index in [4.69, 9.17) is 15.2 Å². The number of hydrogen-bond acceptors (Lipinski definition) is 4. The van der Waals surface area contributed by atoms with Gasteiger partial charge in [-0.15, -0.1) is 0 Å². The van der Waals surface area contributed by atoms with Gasteiger partial charge in [-0.3, -0.25) is 4.79 Å². The fraction of sp³-hybridized carbons (Fsp3) is 0.562. The van der Waals surface area contributed by atoms with Gasteiger partial charge in [-0.2, -0.15) is 0 Å². The predicted octanol–water partition coefficient (Wildman–Crippen LogP) is 2.21. The highest BCUT2D eigenvalue weighted by molar-refractivity contribution is 5.95. The van der Waals surface area contributed by atoms with Gasteiger partial charge >= 0.3 is 0 Å². The average molecular weight is 292 g/mol. The van der Waals surface area contributed by atoms with Crippen molar-refractivity contribution in [2.45, 2.75) is 32.8 Å². The van der Waals surface area contributed by atoms with E-state index in [-0.39, 0.29) is 12.0 Å². The Morgan fingerprint density at radius 3 is 2.95 bits per heavy atom. The molecule has 1 aliphatic heterocycles. The van der Waals surface area contributed by atoms with Gasteiger partial charge in [-0.05, 0) is 38.0 Å². The minimum Gasteiger partial charge on any atom is -0.492 e. The van der Waals surface area contributed by atoms with E-state index < -0.39 is 0 Å². The zero-order valence-corrected chi connectivity index (χ0v) is 12.7. The summed E-state index contributed by atoms with van der Waals surface area (Å²) < 4.78 is 11.0. The van der Waals surface area contributed by atoms with Crippen LogP contribution < -0.4 is 15.8 Å². The van der Waals surface area contributed by atoms with Crippen molar-refractivity contribution in [3.05, 3.63) is 23.8 Å². The van der Waals surface area contributed by atoms with E-state index in [1.54, 1.807) is 18.2 Å². The molecule has 0 saturated carbocycles. The molecule has 1 aromatic carbocycles. The molecule has 1 heterocycles. The summed E-state index contributed by atoms with van der Waals surface area (Å²) in [5.41, 5.74) is 6.93. The summed E-state index contributed by atoms with van der Waals surface area (Å²) in [7, 11) is 0. The smallest absolute Gasteiger partial charge is 0.251 e. The van der Waals surface area contributed by atoms with Crippen LogP contribution in [0.2, 0.25) is 0 Å². The second kappa shape index (κ2) is 7.31. The molecule has 3 N–H and O–H groups in total. The van der Waals surface area contributed by atoms with Crippen molar-refractivity contribution in [1.29, 1.82) is 0 Å². The number of anilines is 1. The largest absolute Gasteiger partial charge is 0.492 e. The third kappa shape index (κ3) is 3.88. The van der Waals surface area contributed by atoms with Gasteiger partial charge in [0.25, 0.3) is 5.91 Å². The standard InChI is InChI=1S/C16H24N2O3/c1-3-14-12(7-8-21-14)10-18-16(19)11-5-6-15(20-4-2)13(17)9-11/h5-6,9,12,14H,3-4,7-8,10,17H2,1-2H3,(H,18,19). The van der Waals surface area contributed by atoms with Crippen LogP contribution in [-0.4, -0.2) is 31.8 Å². The van der Waals surface area contributed by atoms with Crippen molar-refractivity contribution in [2.75, 3.05) is 25.5 Å². The molecule has 1 amide bonds. The molecule has 2 unspecified atom stereocenters. The van der Waals surface area contributed by atoms with E-state index in [0.29, 0.717) is 36.1 Å². The Morgan fingerprint density at radius 1 is 1.48 bits per heavy atom. The molecule has 1 saturated heterocycles. The predicted molar refractivity (Wildman–Crippen MR) is 82.5 cm³/mol. The summed E-state index contributed by atoms with van der Waals surface area (Å²) in [5, 5.41) is 2.97.